The minimum atomic E-state index is -1.50. The number of aliphatic hydroxyl groups excluding tert-OH is 4. The van der Waals surface area contributed by atoms with Crippen LogP contribution in [0.3, 0.4) is 0 Å². The Hall–Kier alpha value is -2.05. The van der Waals surface area contributed by atoms with Crippen molar-refractivity contribution in [2.24, 2.45) is 11.8 Å². The molecule has 1 unspecified atom stereocenters. The average molecular weight is 515 g/mol. The van der Waals surface area contributed by atoms with Crippen molar-refractivity contribution in [3.63, 3.8) is 0 Å². The second kappa shape index (κ2) is 8.22. The predicted molar refractivity (Wildman–Crippen MR) is 129 cm³/mol. The van der Waals surface area contributed by atoms with E-state index in [2.05, 4.69) is 22.3 Å². The molecule has 10 nitrogen and oxygen atoms in total. The van der Waals surface area contributed by atoms with Crippen molar-refractivity contribution < 1.29 is 39.4 Å². The second-order valence-corrected chi connectivity index (χ2v) is 11.4. The van der Waals surface area contributed by atoms with E-state index in [4.69, 9.17) is 14.2 Å². The Morgan fingerprint density at radius 1 is 1.22 bits per heavy atom. The van der Waals surface area contributed by atoms with Crippen LogP contribution in [0.25, 0.3) is 0 Å². The van der Waals surface area contributed by atoms with Gasteiger partial charge in [-0.1, -0.05) is 24.3 Å². The van der Waals surface area contributed by atoms with E-state index in [1.165, 1.54) is 12.5 Å². The van der Waals surface area contributed by atoms with Crippen molar-refractivity contribution in [3.8, 4) is 0 Å². The minimum absolute atomic E-state index is 0.0137. The average Bonchev–Trinajstić information content (AvgIpc) is 3.36. The molecule has 0 amide bonds. The first kappa shape index (κ1) is 24.0. The number of aliphatic hydroxyl groups is 4. The number of hydrogen-bond acceptors (Lipinski definition) is 10. The zero-order valence-corrected chi connectivity index (χ0v) is 20.8. The van der Waals surface area contributed by atoms with Gasteiger partial charge in [0.25, 0.3) is 0 Å². The quantitative estimate of drug-likeness (QED) is 0.272. The van der Waals surface area contributed by atoms with Gasteiger partial charge < -0.3 is 40.0 Å². The maximum absolute atomic E-state index is 12.4. The molecule has 1 saturated carbocycles. The zero-order valence-electron chi connectivity index (χ0n) is 20.8. The normalized spacial score (nSPS) is 51.6. The molecule has 1 aromatic rings. The van der Waals surface area contributed by atoms with Crippen molar-refractivity contribution in [1.82, 2.24) is 4.90 Å². The molecule has 1 aromatic carbocycles. The molecule has 1 aliphatic carbocycles. The number of rotatable bonds is 4. The fourth-order valence-electron chi connectivity index (χ4n) is 8.74. The highest BCUT2D eigenvalue weighted by Gasteiger charge is 2.76. The molecule has 6 heterocycles. The fourth-order valence-corrected chi connectivity index (χ4v) is 8.74. The van der Waals surface area contributed by atoms with Gasteiger partial charge in [0.2, 0.25) is 0 Å². The van der Waals surface area contributed by atoms with Crippen LogP contribution in [0.2, 0.25) is 0 Å². The van der Waals surface area contributed by atoms with Crippen molar-refractivity contribution in [3.05, 3.63) is 41.5 Å². The molecule has 1 spiro atoms. The van der Waals surface area contributed by atoms with Crippen molar-refractivity contribution in [2.75, 3.05) is 11.9 Å². The van der Waals surface area contributed by atoms with E-state index in [9.17, 15) is 25.2 Å². The summed E-state index contributed by atoms with van der Waals surface area (Å²) >= 11 is 0. The lowest BCUT2D eigenvalue weighted by molar-refractivity contribution is -0.330. The number of hydrogen-bond donors (Lipinski definition) is 5. The van der Waals surface area contributed by atoms with E-state index in [1.807, 2.05) is 25.1 Å². The highest BCUT2D eigenvalue weighted by atomic mass is 16.7. The molecule has 14 atom stereocenters. The molecular formula is C27H34N2O8. The number of fused-ring (bicyclic) bond motifs is 2. The molecular weight excluding hydrogens is 480 g/mol. The fraction of sp³-hybridized carbons (Fsp3) is 0.667. The van der Waals surface area contributed by atoms with Crippen LogP contribution < -0.4 is 5.32 Å². The Morgan fingerprint density at radius 3 is 2.73 bits per heavy atom. The molecule has 5 N–H and O–H groups in total. The third-order valence-corrected chi connectivity index (χ3v) is 9.98. The Morgan fingerprint density at radius 2 is 2.00 bits per heavy atom. The summed E-state index contributed by atoms with van der Waals surface area (Å²) in [5.41, 5.74) is 2.99. The summed E-state index contributed by atoms with van der Waals surface area (Å²) in [6, 6.07) is 8.50. The maximum Gasteiger partial charge on any atom is 0.302 e. The minimum Gasteiger partial charge on any atom is -0.461 e. The Bertz CT molecular complexity index is 1140. The molecule has 5 bridgehead atoms. The number of piperidine rings is 4. The lowest BCUT2D eigenvalue weighted by Crippen LogP contribution is -2.71. The standard InChI is InChI=1S/C27H34N2O8/c1-3-12-13-8-16-23-27(14-6-4-5-7-15(14)28-23)9-17(19(13)24(27)35-11(2)31)29(16)25(12)37-26-22(34)21(33)20(32)18(10-30)36-26/h3-7,13,16-26,28,30,32-34H,8-10H2,1-2H3/b12-3+/t13-,16-,17-,18+,19-,20+,21-,22+,23+,24+,25+,26-,27+/m0/s1. The van der Waals surface area contributed by atoms with Gasteiger partial charge >= 0.3 is 5.97 Å². The summed E-state index contributed by atoms with van der Waals surface area (Å²) in [5, 5.41) is 44.7. The molecule has 7 aliphatic rings. The number of nitrogens with one attached hydrogen (secondary N) is 1. The SMILES string of the molecule is C/C=C1/[C@@H](O[C@@H]2O[C@H](CO)[C@@H](O)[C@H](O)[C@H]2O)N2[C@H]3C[C@@]45c6ccccc6N[C@@H]4[C@@H]2C[C@@H]1[C@@H]3[C@H]5OC(C)=O. The predicted octanol–water partition coefficient (Wildman–Crippen LogP) is -0.155. The van der Waals surface area contributed by atoms with Gasteiger partial charge in [-0.15, -0.1) is 0 Å². The molecule has 6 fully saturated rings. The van der Waals surface area contributed by atoms with Gasteiger partial charge in [-0.2, -0.15) is 0 Å². The summed E-state index contributed by atoms with van der Waals surface area (Å²) < 4.78 is 18.4. The molecule has 5 saturated heterocycles. The Labute approximate surface area is 214 Å². The van der Waals surface area contributed by atoms with Gasteiger partial charge in [-0.05, 0) is 42.9 Å². The number of anilines is 1. The van der Waals surface area contributed by atoms with Gasteiger partial charge in [-0.3, -0.25) is 9.69 Å². The van der Waals surface area contributed by atoms with Crippen LogP contribution in [-0.2, 0) is 24.4 Å². The molecule has 200 valence electrons. The van der Waals surface area contributed by atoms with E-state index in [0.717, 1.165) is 24.1 Å². The van der Waals surface area contributed by atoms with Crippen LogP contribution in [0, 0.1) is 11.8 Å². The molecule has 0 radical (unpaired) electrons. The zero-order chi connectivity index (χ0) is 25.8. The topological polar surface area (TPSA) is 141 Å². The largest absolute Gasteiger partial charge is 0.461 e. The summed E-state index contributed by atoms with van der Waals surface area (Å²) in [6.07, 6.45) is -3.74. The highest BCUT2D eigenvalue weighted by Crippen LogP contribution is 2.68. The molecule has 0 aromatic heterocycles. The van der Waals surface area contributed by atoms with E-state index in [-0.39, 0.29) is 47.4 Å². The summed E-state index contributed by atoms with van der Waals surface area (Å²) in [5.74, 6) is -0.0670. The van der Waals surface area contributed by atoms with Gasteiger partial charge in [-0.25, -0.2) is 0 Å². The van der Waals surface area contributed by atoms with E-state index in [1.54, 1.807) is 0 Å². The van der Waals surface area contributed by atoms with Crippen LogP contribution in [0.15, 0.2) is 35.9 Å². The van der Waals surface area contributed by atoms with Crippen LogP contribution in [0.4, 0.5) is 5.69 Å². The molecule has 6 aliphatic heterocycles. The number of benzene rings is 1. The number of para-hydroxylation sites is 1. The first-order valence-electron chi connectivity index (χ1n) is 13.2. The molecule has 10 heteroatoms. The monoisotopic (exact) mass is 514 g/mol. The Kier molecular flexibility index (Phi) is 5.34. The van der Waals surface area contributed by atoms with Gasteiger partial charge in [0, 0.05) is 30.6 Å². The Balaban J connectivity index is 1.29. The summed E-state index contributed by atoms with van der Waals surface area (Å²) in [4.78, 5) is 14.7. The number of carbonyl (C=O) groups is 1. The van der Waals surface area contributed by atoms with E-state index >= 15 is 0 Å². The van der Waals surface area contributed by atoms with Gasteiger partial charge in [0.05, 0.1) is 18.1 Å². The van der Waals surface area contributed by atoms with Crippen LogP contribution in [-0.4, -0.2) is 99.1 Å². The van der Waals surface area contributed by atoms with Crippen LogP contribution >= 0.6 is 0 Å². The van der Waals surface area contributed by atoms with Crippen LogP contribution in [0.1, 0.15) is 32.3 Å². The third-order valence-electron chi connectivity index (χ3n) is 9.98. The third kappa shape index (κ3) is 2.97. The number of carbonyl (C=O) groups excluding carboxylic acids is 1. The van der Waals surface area contributed by atoms with Crippen molar-refractivity contribution in [2.45, 2.75) is 93.3 Å². The van der Waals surface area contributed by atoms with Crippen molar-refractivity contribution >= 4 is 11.7 Å². The lowest BCUT2D eigenvalue weighted by atomic mass is 9.65. The maximum atomic E-state index is 12.4. The van der Waals surface area contributed by atoms with Crippen LogP contribution in [0.5, 0.6) is 0 Å². The number of nitrogens with zero attached hydrogens (tertiary/aromatic N) is 1. The highest BCUT2D eigenvalue weighted by molar-refractivity contribution is 5.69. The van der Waals surface area contributed by atoms with E-state index < -0.39 is 43.5 Å². The first-order chi connectivity index (χ1) is 17.8. The van der Waals surface area contributed by atoms with Crippen molar-refractivity contribution in [1.29, 1.82) is 0 Å². The number of ether oxygens (including phenoxy) is 3. The first-order valence-corrected chi connectivity index (χ1v) is 13.2. The molecule has 37 heavy (non-hydrogen) atoms. The summed E-state index contributed by atoms with van der Waals surface area (Å²) in [6.45, 7) is 2.93. The van der Waals surface area contributed by atoms with Gasteiger partial charge in [0.1, 0.15) is 36.7 Å². The summed E-state index contributed by atoms with van der Waals surface area (Å²) in [7, 11) is 0. The number of allylic oxidation sites excluding steroid dienone is 1. The van der Waals surface area contributed by atoms with Gasteiger partial charge in [0.15, 0.2) is 6.29 Å². The lowest BCUT2D eigenvalue weighted by Gasteiger charge is -2.61. The molecule has 8 rings (SSSR count). The smallest absolute Gasteiger partial charge is 0.302 e. The van der Waals surface area contributed by atoms with E-state index in [0.29, 0.717) is 0 Å². The second-order valence-electron chi connectivity index (χ2n) is 11.4. The number of esters is 1.